The lowest BCUT2D eigenvalue weighted by Gasteiger charge is -2.31. The monoisotopic (exact) mass is 448 g/mol. The fourth-order valence-corrected chi connectivity index (χ4v) is 3.96. The van der Waals surface area contributed by atoms with E-state index in [1.54, 1.807) is 18.2 Å². The van der Waals surface area contributed by atoms with Crippen LogP contribution in [0.1, 0.15) is 45.1 Å². The van der Waals surface area contributed by atoms with Crippen molar-refractivity contribution in [3.63, 3.8) is 0 Å². The van der Waals surface area contributed by atoms with Gasteiger partial charge in [-0.15, -0.1) is 0 Å². The molecule has 0 saturated carbocycles. The second-order valence-electron chi connectivity index (χ2n) is 7.81. The summed E-state index contributed by atoms with van der Waals surface area (Å²) in [6.45, 7) is 4.90. The minimum absolute atomic E-state index is 0.0202. The fourth-order valence-electron chi connectivity index (χ4n) is 3.77. The number of hydrogen-bond acceptors (Lipinski definition) is 5. The first-order valence-electron chi connectivity index (χ1n) is 10.7. The van der Waals surface area contributed by atoms with Crippen LogP contribution in [0.15, 0.2) is 27.8 Å². The van der Waals surface area contributed by atoms with Gasteiger partial charge in [0, 0.05) is 18.1 Å². The number of aromatic nitrogens is 2. The largest absolute Gasteiger partial charge is 0.492 e. The van der Waals surface area contributed by atoms with Gasteiger partial charge in [0.05, 0.1) is 5.92 Å². The number of carbonyl (C=O) groups excluding carboxylic acids is 1. The van der Waals surface area contributed by atoms with Crippen LogP contribution in [0, 0.1) is 5.92 Å². The van der Waals surface area contributed by atoms with Crippen LogP contribution in [-0.2, 0) is 17.8 Å². The topological polar surface area (TPSA) is 110 Å². The maximum absolute atomic E-state index is 13.5. The lowest BCUT2D eigenvalue weighted by atomic mass is 9.95. The Labute approximate surface area is 186 Å². The van der Waals surface area contributed by atoms with E-state index >= 15 is 0 Å². The third-order valence-electron chi connectivity index (χ3n) is 5.50. The van der Waals surface area contributed by atoms with Gasteiger partial charge in [0.2, 0.25) is 5.91 Å². The molecule has 1 aromatic heterocycles. The lowest BCUT2D eigenvalue weighted by Crippen LogP contribution is -2.46. The third-order valence-corrected chi connectivity index (χ3v) is 5.73. The Kier molecular flexibility index (Phi) is 7.43. The number of ether oxygens (including phenoxy) is 1. The smallest absolute Gasteiger partial charge is 0.330 e. The summed E-state index contributed by atoms with van der Waals surface area (Å²) < 4.78 is 7.11. The molecule has 0 radical (unpaired) electrons. The number of rotatable bonds is 8. The standard InChI is InChI=1S/C22H29ClN4O4/c1-3-5-9-26(18-19(24)27(10-6-4-2)22(30)25-20(18)28)21(29)15-11-14-12-16(23)7-8-17(14)31-13-15/h7-8,12,15H,3-6,9-11,13,24H2,1-2H3,(H,25,28,30). The van der Waals surface area contributed by atoms with Gasteiger partial charge in [-0.3, -0.25) is 19.1 Å². The maximum atomic E-state index is 13.5. The van der Waals surface area contributed by atoms with E-state index in [9.17, 15) is 14.4 Å². The molecule has 1 amide bonds. The third kappa shape index (κ3) is 4.95. The number of nitrogens with one attached hydrogen (secondary N) is 1. The van der Waals surface area contributed by atoms with E-state index in [0.29, 0.717) is 36.7 Å². The second kappa shape index (κ2) is 10.0. The van der Waals surface area contributed by atoms with Crippen molar-refractivity contribution in [1.82, 2.24) is 9.55 Å². The Hall–Kier alpha value is -2.74. The first kappa shape index (κ1) is 22.9. The number of nitrogen functional groups attached to an aromatic ring is 1. The first-order chi connectivity index (χ1) is 14.9. The highest BCUT2D eigenvalue weighted by Crippen LogP contribution is 2.31. The highest BCUT2D eigenvalue weighted by molar-refractivity contribution is 6.30. The summed E-state index contributed by atoms with van der Waals surface area (Å²) in [6, 6.07) is 5.33. The molecule has 9 heteroatoms. The van der Waals surface area contributed by atoms with Gasteiger partial charge >= 0.3 is 5.69 Å². The Morgan fingerprint density at radius 2 is 2.03 bits per heavy atom. The maximum Gasteiger partial charge on any atom is 0.330 e. The van der Waals surface area contributed by atoms with E-state index in [1.165, 1.54) is 9.47 Å². The molecular weight excluding hydrogens is 420 g/mol. The van der Waals surface area contributed by atoms with Crippen molar-refractivity contribution in [2.45, 2.75) is 52.5 Å². The number of H-pyrrole nitrogens is 1. The summed E-state index contributed by atoms with van der Waals surface area (Å²) in [5.74, 6) is -0.0135. The number of aromatic amines is 1. The van der Waals surface area contributed by atoms with Crippen LogP contribution in [-0.4, -0.2) is 28.6 Å². The van der Waals surface area contributed by atoms with Gasteiger partial charge in [-0.2, -0.15) is 0 Å². The minimum Gasteiger partial charge on any atom is -0.492 e. The summed E-state index contributed by atoms with van der Waals surface area (Å²) in [4.78, 5) is 42.3. The van der Waals surface area contributed by atoms with Gasteiger partial charge in [0.25, 0.3) is 5.56 Å². The van der Waals surface area contributed by atoms with Gasteiger partial charge in [0.1, 0.15) is 18.2 Å². The van der Waals surface area contributed by atoms with E-state index in [4.69, 9.17) is 22.1 Å². The zero-order valence-electron chi connectivity index (χ0n) is 17.9. The molecule has 3 N–H and O–H groups in total. The van der Waals surface area contributed by atoms with E-state index in [0.717, 1.165) is 24.8 Å². The van der Waals surface area contributed by atoms with E-state index < -0.39 is 17.2 Å². The molecule has 0 aliphatic carbocycles. The Balaban J connectivity index is 1.98. The molecule has 1 aromatic carbocycles. The Morgan fingerprint density at radius 3 is 2.74 bits per heavy atom. The average molecular weight is 449 g/mol. The van der Waals surface area contributed by atoms with Crippen molar-refractivity contribution in [3.8, 4) is 5.75 Å². The number of amides is 1. The molecule has 1 unspecified atom stereocenters. The summed E-state index contributed by atoms with van der Waals surface area (Å²) in [6.07, 6.45) is 3.56. The number of fused-ring (bicyclic) bond motifs is 1. The quantitative estimate of drug-likeness (QED) is 0.645. The normalized spacial score (nSPS) is 15.3. The zero-order chi connectivity index (χ0) is 22.5. The summed E-state index contributed by atoms with van der Waals surface area (Å²) in [5.41, 5.74) is 5.93. The van der Waals surface area contributed by atoms with E-state index in [1.807, 2.05) is 13.8 Å². The van der Waals surface area contributed by atoms with E-state index in [-0.39, 0.29) is 24.0 Å². The van der Waals surface area contributed by atoms with Gasteiger partial charge in [-0.05, 0) is 43.0 Å². The Bertz CT molecular complexity index is 1060. The van der Waals surface area contributed by atoms with Gasteiger partial charge in [-0.25, -0.2) is 4.79 Å². The fraction of sp³-hybridized carbons (Fsp3) is 0.500. The van der Waals surface area contributed by atoms with E-state index in [2.05, 4.69) is 4.98 Å². The highest BCUT2D eigenvalue weighted by Gasteiger charge is 2.33. The van der Waals surface area contributed by atoms with Gasteiger partial charge < -0.3 is 15.4 Å². The SMILES string of the molecule is CCCCN(C(=O)C1COc2ccc(Cl)cc2C1)c1c(N)n(CCCC)c(=O)[nH]c1=O. The van der Waals surface area contributed by atoms with Crippen molar-refractivity contribution >= 4 is 29.0 Å². The molecule has 2 heterocycles. The number of hydrogen-bond donors (Lipinski definition) is 2. The molecule has 3 rings (SSSR count). The molecule has 1 atom stereocenters. The number of unbranched alkanes of at least 4 members (excludes halogenated alkanes) is 2. The molecule has 1 aliphatic rings. The van der Waals surface area contributed by atoms with Gasteiger partial charge in [0.15, 0.2) is 5.69 Å². The van der Waals surface area contributed by atoms with Crippen molar-refractivity contribution in [3.05, 3.63) is 49.6 Å². The number of benzene rings is 1. The molecule has 0 spiro atoms. The summed E-state index contributed by atoms with van der Waals surface area (Å²) in [7, 11) is 0. The molecule has 0 fully saturated rings. The minimum atomic E-state index is -0.653. The second-order valence-corrected chi connectivity index (χ2v) is 8.24. The lowest BCUT2D eigenvalue weighted by molar-refractivity contribution is -0.123. The molecule has 31 heavy (non-hydrogen) atoms. The molecule has 168 valence electrons. The van der Waals surface area contributed by atoms with Crippen LogP contribution in [0.3, 0.4) is 0 Å². The molecule has 0 bridgehead atoms. The van der Waals surface area contributed by atoms with Crippen LogP contribution >= 0.6 is 11.6 Å². The number of anilines is 2. The van der Waals surface area contributed by atoms with Crippen LogP contribution in [0.5, 0.6) is 5.75 Å². The Morgan fingerprint density at radius 1 is 1.29 bits per heavy atom. The molecule has 2 aromatic rings. The van der Waals surface area contributed by atoms with Crippen molar-refractivity contribution in [1.29, 1.82) is 0 Å². The number of halogens is 1. The van der Waals surface area contributed by atoms with Crippen molar-refractivity contribution in [2.75, 3.05) is 23.8 Å². The summed E-state index contributed by atoms with van der Waals surface area (Å²) in [5, 5.41) is 0.571. The predicted octanol–water partition coefficient (Wildman–Crippen LogP) is 2.96. The zero-order valence-corrected chi connectivity index (χ0v) is 18.7. The van der Waals surface area contributed by atoms with Gasteiger partial charge in [-0.1, -0.05) is 38.3 Å². The van der Waals surface area contributed by atoms with Crippen LogP contribution in [0.2, 0.25) is 5.02 Å². The number of nitrogens with zero attached hydrogens (tertiary/aromatic N) is 2. The predicted molar refractivity (Wildman–Crippen MR) is 122 cm³/mol. The van der Waals surface area contributed by atoms with Crippen LogP contribution in [0.4, 0.5) is 11.5 Å². The molecule has 0 saturated heterocycles. The van der Waals surface area contributed by atoms with Crippen molar-refractivity contribution in [2.24, 2.45) is 5.92 Å². The number of carbonyl (C=O) groups is 1. The first-order valence-corrected chi connectivity index (χ1v) is 11.1. The summed E-state index contributed by atoms with van der Waals surface area (Å²) >= 11 is 6.10. The molecular formula is C22H29ClN4O4. The average Bonchev–Trinajstić information content (AvgIpc) is 2.74. The number of nitrogens with two attached hydrogens (primary N) is 1. The molecule has 8 nitrogen and oxygen atoms in total. The highest BCUT2D eigenvalue weighted by atomic mass is 35.5. The molecule has 1 aliphatic heterocycles. The van der Waals surface area contributed by atoms with Crippen molar-refractivity contribution < 1.29 is 9.53 Å². The van der Waals surface area contributed by atoms with Crippen LogP contribution < -0.4 is 26.6 Å². The van der Waals surface area contributed by atoms with Crippen LogP contribution in [0.25, 0.3) is 0 Å².